The molecule has 1 aromatic rings. The van der Waals surface area contributed by atoms with Crippen LogP contribution in [0.25, 0.3) is 0 Å². The molecule has 0 spiro atoms. The molecule has 2 rings (SSSR count). The van der Waals surface area contributed by atoms with Crippen molar-refractivity contribution in [2.75, 3.05) is 18.0 Å². The van der Waals surface area contributed by atoms with E-state index in [0.717, 1.165) is 23.4 Å². The number of anilines is 1. The van der Waals surface area contributed by atoms with Crippen LogP contribution in [0.2, 0.25) is 0 Å². The van der Waals surface area contributed by atoms with Crippen LogP contribution in [-0.4, -0.2) is 29.3 Å². The van der Waals surface area contributed by atoms with Crippen molar-refractivity contribution in [1.29, 1.82) is 0 Å². The van der Waals surface area contributed by atoms with Gasteiger partial charge in [0.25, 0.3) is 0 Å². The first kappa shape index (κ1) is 10.9. The number of rotatable bonds is 1. The highest BCUT2D eigenvalue weighted by atomic mass is 79.9. The summed E-state index contributed by atoms with van der Waals surface area (Å²) >= 11 is 3.36. The molecule has 2 heterocycles. The van der Waals surface area contributed by atoms with Crippen LogP contribution in [0.3, 0.4) is 0 Å². The predicted molar refractivity (Wildman–Crippen MR) is 63.9 cm³/mol. The van der Waals surface area contributed by atoms with Gasteiger partial charge >= 0.3 is 0 Å². The third-order valence-corrected chi connectivity index (χ3v) is 3.38. The van der Waals surface area contributed by atoms with Crippen LogP contribution >= 0.6 is 15.9 Å². The molecule has 0 radical (unpaired) electrons. The normalized spacial score (nSPS) is 26.7. The molecular formula is C11H15BrN2O. The summed E-state index contributed by atoms with van der Waals surface area (Å²) in [4.78, 5) is 6.52. The molecule has 1 fully saturated rings. The van der Waals surface area contributed by atoms with Gasteiger partial charge in [0.15, 0.2) is 0 Å². The minimum atomic E-state index is -0.237. The molecule has 1 aliphatic rings. The third-order valence-electron chi connectivity index (χ3n) is 2.94. The molecule has 82 valence electrons. The maximum atomic E-state index is 9.80. The van der Waals surface area contributed by atoms with Gasteiger partial charge in [0.2, 0.25) is 0 Å². The highest BCUT2D eigenvalue weighted by Gasteiger charge is 2.24. The van der Waals surface area contributed by atoms with Crippen LogP contribution in [-0.2, 0) is 0 Å². The Labute approximate surface area is 98.3 Å². The smallest absolute Gasteiger partial charge is 0.129 e. The predicted octanol–water partition coefficient (Wildman–Crippen LogP) is 2.05. The number of aliphatic hydroxyl groups excluding tert-OH is 1. The number of pyridine rings is 1. The maximum Gasteiger partial charge on any atom is 0.129 e. The number of aliphatic hydroxyl groups is 1. The fourth-order valence-electron chi connectivity index (χ4n) is 1.83. The molecule has 4 heteroatoms. The summed E-state index contributed by atoms with van der Waals surface area (Å²) in [5, 5.41) is 9.80. The number of piperidine rings is 1. The zero-order valence-corrected chi connectivity index (χ0v) is 10.3. The lowest BCUT2D eigenvalue weighted by Crippen LogP contribution is -2.43. The summed E-state index contributed by atoms with van der Waals surface area (Å²) in [6, 6.07) is 5.86. The Hall–Kier alpha value is -0.610. The van der Waals surface area contributed by atoms with Crippen molar-refractivity contribution in [1.82, 2.24) is 4.98 Å². The lowest BCUT2D eigenvalue weighted by molar-refractivity contribution is 0.102. The Bertz CT molecular complexity index is 345. The summed E-state index contributed by atoms with van der Waals surface area (Å²) < 4.78 is 0.841. The Morgan fingerprint density at radius 2 is 2.33 bits per heavy atom. The quantitative estimate of drug-likeness (QED) is 0.794. The van der Waals surface area contributed by atoms with E-state index in [-0.39, 0.29) is 6.10 Å². The van der Waals surface area contributed by atoms with Gasteiger partial charge in [-0.2, -0.15) is 0 Å². The van der Waals surface area contributed by atoms with Crippen LogP contribution in [0, 0.1) is 5.92 Å². The summed E-state index contributed by atoms with van der Waals surface area (Å²) in [6.45, 7) is 3.75. The Morgan fingerprint density at radius 1 is 1.53 bits per heavy atom. The number of hydrogen-bond acceptors (Lipinski definition) is 3. The first-order valence-electron chi connectivity index (χ1n) is 5.22. The molecule has 1 N–H and O–H groups in total. The molecular weight excluding hydrogens is 256 g/mol. The van der Waals surface area contributed by atoms with Gasteiger partial charge < -0.3 is 10.0 Å². The molecule has 0 saturated carbocycles. The molecule has 2 atom stereocenters. The first-order valence-corrected chi connectivity index (χ1v) is 6.01. The maximum absolute atomic E-state index is 9.80. The molecule has 0 amide bonds. The van der Waals surface area contributed by atoms with Gasteiger partial charge in [-0.25, -0.2) is 4.98 Å². The van der Waals surface area contributed by atoms with Crippen molar-refractivity contribution >= 4 is 21.7 Å². The van der Waals surface area contributed by atoms with E-state index in [2.05, 4.69) is 32.7 Å². The van der Waals surface area contributed by atoms with Gasteiger partial charge in [-0.3, -0.25) is 0 Å². The highest BCUT2D eigenvalue weighted by Crippen LogP contribution is 2.22. The third kappa shape index (κ3) is 2.49. The Kier molecular flexibility index (Phi) is 3.26. The van der Waals surface area contributed by atoms with Crippen LogP contribution in [0.5, 0.6) is 0 Å². The minimum absolute atomic E-state index is 0.237. The lowest BCUT2D eigenvalue weighted by Gasteiger charge is -2.35. The van der Waals surface area contributed by atoms with E-state index in [1.165, 1.54) is 0 Å². The zero-order chi connectivity index (χ0) is 10.8. The van der Waals surface area contributed by atoms with E-state index in [4.69, 9.17) is 0 Å². The van der Waals surface area contributed by atoms with Gasteiger partial charge in [-0.05, 0) is 40.4 Å². The second-order valence-corrected chi connectivity index (χ2v) is 4.91. The van der Waals surface area contributed by atoms with Crippen molar-refractivity contribution in [3.63, 3.8) is 0 Å². The molecule has 1 aromatic heterocycles. The molecule has 1 aliphatic heterocycles. The Morgan fingerprint density at radius 3 is 3.00 bits per heavy atom. The van der Waals surface area contributed by atoms with E-state index in [9.17, 15) is 5.11 Å². The standard InChI is InChI=1S/C11H15BrN2O/c1-8-5-6-14(7-9(8)15)11-4-2-3-10(12)13-11/h2-4,8-9,15H,5-7H2,1H3. The summed E-state index contributed by atoms with van der Waals surface area (Å²) in [7, 11) is 0. The SMILES string of the molecule is CC1CCN(c2cccc(Br)n2)CC1O. The summed E-state index contributed by atoms with van der Waals surface area (Å²) in [5.41, 5.74) is 0. The van der Waals surface area contributed by atoms with Gasteiger partial charge in [0.1, 0.15) is 10.4 Å². The van der Waals surface area contributed by atoms with Crippen molar-refractivity contribution in [2.45, 2.75) is 19.4 Å². The van der Waals surface area contributed by atoms with Crippen LogP contribution < -0.4 is 4.90 Å². The number of hydrogen-bond donors (Lipinski definition) is 1. The van der Waals surface area contributed by atoms with Crippen LogP contribution in [0.15, 0.2) is 22.8 Å². The van der Waals surface area contributed by atoms with Crippen LogP contribution in [0.4, 0.5) is 5.82 Å². The van der Waals surface area contributed by atoms with Gasteiger partial charge in [-0.1, -0.05) is 13.0 Å². The van der Waals surface area contributed by atoms with E-state index < -0.39 is 0 Å². The van der Waals surface area contributed by atoms with E-state index in [1.54, 1.807) is 0 Å². The second kappa shape index (κ2) is 4.49. The van der Waals surface area contributed by atoms with E-state index >= 15 is 0 Å². The fraction of sp³-hybridized carbons (Fsp3) is 0.545. The number of halogens is 1. The summed E-state index contributed by atoms with van der Waals surface area (Å²) in [6.07, 6.45) is 0.787. The average molecular weight is 271 g/mol. The summed E-state index contributed by atoms with van der Waals surface area (Å²) in [5.74, 6) is 1.34. The van der Waals surface area contributed by atoms with E-state index in [0.29, 0.717) is 12.5 Å². The molecule has 0 aromatic carbocycles. The van der Waals surface area contributed by atoms with Crippen molar-refractivity contribution in [3.8, 4) is 0 Å². The lowest BCUT2D eigenvalue weighted by atomic mass is 9.96. The molecule has 0 aliphatic carbocycles. The van der Waals surface area contributed by atoms with Crippen molar-refractivity contribution in [2.24, 2.45) is 5.92 Å². The van der Waals surface area contributed by atoms with Gasteiger partial charge in [-0.15, -0.1) is 0 Å². The minimum Gasteiger partial charge on any atom is -0.391 e. The van der Waals surface area contributed by atoms with Crippen molar-refractivity contribution < 1.29 is 5.11 Å². The monoisotopic (exact) mass is 270 g/mol. The average Bonchev–Trinajstić information content (AvgIpc) is 2.22. The zero-order valence-electron chi connectivity index (χ0n) is 8.73. The number of β-amino-alcohol motifs (C(OH)–C–C–N with tert-alkyl or cyclic N) is 1. The van der Waals surface area contributed by atoms with Crippen molar-refractivity contribution in [3.05, 3.63) is 22.8 Å². The Balaban J connectivity index is 2.12. The number of nitrogens with zero attached hydrogens (tertiary/aromatic N) is 2. The molecule has 2 unspecified atom stereocenters. The molecule has 15 heavy (non-hydrogen) atoms. The fourth-order valence-corrected chi connectivity index (χ4v) is 2.16. The second-order valence-electron chi connectivity index (χ2n) is 4.10. The highest BCUT2D eigenvalue weighted by molar-refractivity contribution is 9.10. The van der Waals surface area contributed by atoms with Crippen LogP contribution in [0.1, 0.15) is 13.3 Å². The molecule has 3 nitrogen and oxygen atoms in total. The topological polar surface area (TPSA) is 36.4 Å². The van der Waals surface area contributed by atoms with Gasteiger partial charge in [0.05, 0.1) is 6.10 Å². The largest absolute Gasteiger partial charge is 0.391 e. The molecule has 1 saturated heterocycles. The first-order chi connectivity index (χ1) is 7.16. The number of aromatic nitrogens is 1. The molecule has 0 bridgehead atoms. The van der Waals surface area contributed by atoms with Gasteiger partial charge in [0, 0.05) is 13.1 Å². The van der Waals surface area contributed by atoms with E-state index in [1.807, 2.05) is 18.2 Å².